The second-order valence-corrected chi connectivity index (χ2v) is 7.51. The smallest absolute Gasteiger partial charge is 0.253 e. The summed E-state index contributed by atoms with van der Waals surface area (Å²) in [5.74, 6) is 2.38. The van der Waals surface area contributed by atoms with Gasteiger partial charge in [-0.15, -0.1) is 0 Å². The van der Waals surface area contributed by atoms with Crippen molar-refractivity contribution in [3.05, 3.63) is 47.2 Å². The van der Waals surface area contributed by atoms with E-state index in [0.29, 0.717) is 11.6 Å². The summed E-state index contributed by atoms with van der Waals surface area (Å²) < 4.78 is 10.8. The van der Waals surface area contributed by atoms with Crippen molar-refractivity contribution in [1.29, 1.82) is 0 Å². The molecule has 28 heavy (non-hydrogen) atoms. The molecular formula is C22H27N3O3. The van der Waals surface area contributed by atoms with Gasteiger partial charge in [0, 0.05) is 25.3 Å². The predicted octanol–water partition coefficient (Wildman–Crippen LogP) is 3.33. The molecule has 0 bridgehead atoms. The summed E-state index contributed by atoms with van der Waals surface area (Å²) in [6, 6.07) is 8.24. The number of nitrogens with zero attached hydrogens (tertiary/aromatic N) is 2. The van der Waals surface area contributed by atoms with Gasteiger partial charge in [-0.3, -0.25) is 4.79 Å². The lowest BCUT2D eigenvalue weighted by Crippen LogP contribution is -2.33. The highest BCUT2D eigenvalue weighted by Crippen LogP contribution is 2.34. The average Bonchev–Trinajstić information content (AvgIpc) is 3.25. The standard InChI is InChI=1S/C22H27N3O3/c1-27-19-11-15-9-10-25(14-17(15)12-20(19)28-2)21-8-7-16(13-23-21)22(26)24-18-5-3-4-6-18/h7-8,11-13,18H,3-6,9-10,14H2,1-2H3,(H,24,26). The van der Waals surface area contributed by atoms with Gasteiger partial charge in [-0.25, -0.2) is 4.98 Å². The van der Waals surface area contributed by atoms with Crippen molar-refractivity contribution in [1.82, 2.24) is 10.3 Å². The molecule has 1 N–H and O–H groups in total. The second-order valence-electron chi connectivity index (χ2n) is 7.51. The van der Waals surface area contributed by atoms with Crippen molar-refractivity contribution in [2.75, 3.05) is 25.7 Å². The Balaban J connectivity index is 1.46. The summed E-state index contributed by atoms with van der Waals surface area (Å²) in [4.78, 5) is 19.2. The summed E-state index contributed by atoms with van der Waals surface area (Å²) in [6.45, 7) is 1.64. The Morgan fingerprint density at radius 2 is 1.82 bits per heavy atom. The van der Waals surface area contributed by atoms with Gasteiger partial charge in [-0.2, -0.15) is 0 Å². The third-order valence-corrected chi connectivity index (χ3v) is 5.74. The van der Waals surface area contributed by atoms with Crippen molar-refractivity contribution in [3.63, 3.8) is 0 Å². The van der Waals surface area contributed by atoms with Crippen LogP contribution in [0, 0.1) is 0 Å². The van der Waals surface area contributed by atoms with Crippen molar-refractivity contribution in [3.8, 4) is 11.5 Å². The molecule has 0 unspecified atom stereocenters. The van der Waals surface area contributed by atoms with Crippen LogP contribution in [0.4, 0.5) is 5.82 Å². The van der Waals surface area contributed by atoms with Gasteiger partial charge in [0.05, 0.1) is 19.8 Å². The number of carbonyl (C=O) groups is 1. The maximum atomic E-state index is 12.4. The Kier molecular flexibility index (Phi) is 5.37. The fourth-order valence-corrected chi connectivity index (χ4v) is 4.13. The molecular weight excluding hydrogens is 354 g/mol. The third-order valence-electron chi connectivity index (χ3n) is 5.74. The van der Waals surface area contributed by atoms with E-state index < -0.39 is 0 Å². The number of pyridine rings is 1. The third kappa shape index (κ3) is 3.77. The van der Waals surface area contributed by atoms with Gasteiger partial charge in [0.25, 0.3) is 5.91 Å². The molecule has 1 aromatic heterocycles. The molecule has 1 aliphatic heterocycles. The summed E-state index contributed by atoms with van der Waals surface area (Å²) >= 11 is 0. The van der Waals surface area contributed by atoms with Crippen LogP contribution in [0.2, 0.25) is 0 Å². The van der Waals surface area contributed by atoms with Crippen LogP contribution < -0.4 is 19.7 Å². The minimum Gasteiger partial charge on any atom is -0.493 e. The van der Waals surface area contributed by atoms with Crippen LogP contribution in [-0.4, -0.2) is 37.7 Å². The Bertz CT molecular complexity index is 845. The Hall–Kier alpha value is -2.76. The Morgan fingerprint density at radius 1 is 1.11 bits per heavy atom. The number of anilines is 1. The molecule has 0 saturated heterocycles. The van der Waals surface area contributed by atoms with E-state index in [4.69, 9.17) is 9.47 Å². The molecule has 1 saturated carbocycles. The zero-order chi connectivity index (χ0) is 19.5. The van der Waals surface area contributed by atoms with Crippen LogP contribution in [0.3, 0.4) is 0 Å². The quantitative estimate of drug-likeness (QED) is 0.861. The summed E-state index contributed by atoms with van der Waals surface area (Å²) in [6.07, 6.45) is 7.17. The van der Waals surface area contributed by atoms with Gasteiger partial charge in [0.15, 0.2) is 11.5 Å². The molecule has 1 aromatic carbocycles. The molecule has 148 valence electrons. The fourth-order valence-electron chi connectivity index (χ4n) is 4.13. The minimum atomic E-state index is -0.0215. The molecule has 0 atom stereocenters. The van der Waals surface area contributed by atoms with Gasteiger partial charge in [-0.1, -0.05) is 12.8 Å². The van der Waals surface area contributed by atoms with Crippen molar-refractivity contribution in [2.45, 2.75) is 44.7 Å². The zero-order valence-electron chi connectivity index (χ0n) is 16.5. The number of benzene rings is 1. The largest absolute Gasteiger partial charge is 0.493 e. The highest BCUT2D eigenvalue weighted by Gasteiger charge is 2.21. The van der Waals surface area contributed by atoms with E-state index in [1.807, 2.05) is 18.2 Å². The molecule has 6 nitrogen and oxygen atoms in total. The highest BCUT2D eigenvalue weighted by atomic mass is 16.5. The monoisotopic (exact) mass is 381 g/mol. The van der Waals surface area contributed by atoms with E-state index in [9.17, 15) is 4.79 Å². The average molecular weight is 381 g/mol. The first kappa shape index (κ1) is 18.6. The molecule has 2 heterocycles. The first-order valence-electron chi connectivity index (χ1n) is 9.93. The van der Waals surface area contributed by atoms with E-state index in [0.717, 1.165) is 49.7 Å². The molecule has 4 rings (SSSR count). The van der Waals surface area contributed by atoms with Crippen LogP contribution in [0.5, 0.6) is 11.5 Å². The molecule has 1 amide bonds. The number of hydrogen-bond donors (Lipinski definition) is 1. The Labute approximate surface area is 165 Å². The highest BCUT2D eigenvalue weighted by molar-refractivity contribution is 5.94. The second kappa shape index (κ2) is 8.09. The number of ether oxygens (including phenoxy) is 2. The van der Waals surface area contributed by atoms with Gasteiger partial charge in [0.1, 0.15) is 5.82 Å². The number of hydrogen-bond acceptors (Lipinski definition) is 5. The molecule has 2 aliphatic rings. The van der Waals surface area contributed by atoms with Crippen LogP contribution in [0.15, 0.2) is 30.5 Å². The van der Waals surface area contributed by atoms with E-state index in [1.54, 1.807) is 20.4 Å². The van der Waals surface area contributed by atoms with Crippen LogP contribution in [-0.2, 0) is 13.0 Å². The molecule has 1 fully saturated rings. The first-order chi connectivity index (χ1) is 13.7. The Morgan fingerprint density at radius 3 is 2.46 bits per heavy atom. The lowest BCUT2D eigenvalue weighted by molar-refractivity contribution is 0.0937. The van der Waals surface area contributed by atoms with Crippen LogP contribution in [0.1, 0.15) is 47.2 Å². The van der Waals surface area contributed by atoms with Gasteiger partial charge < -0.3 is 19.7 Å². The topological polar surface area (TPSA) is 63.7 Å². The van der Waals surface area contributed by atoms with Crippen molar-refractivity contribution >= 4 is 11.7 Å². The summed E-state index contributed by atoms with van der Waals surface area (Å²) in [5.41, 5.74) is 3.12. The first-order valence-corrected chi connectivity index (χ1v) is 9.93. The number of methoxy groups -OCH3 is 2. The van der Waals surface area contributed by atoms with Gasteiger partial charge in [0.2, 0.25) is 0 Å². The van der Waals surface area contributed by atoms with Crippen molar-refractivity contribution < 1.29 is 14.3 Å². The minimum absolute atomic E-state index is 0.0215. The van der Waals surface area contributed by atoms with Crippen molar-refractivity contribution in [2.24, 2.45) is 0 Å². The summed E-state index contributed by atoms with van der Waals surface area (Å²) in [5, 5.41) is 3.11. The van der Waals surface area contributed by atoms with Crippen LogP contribution >= 0.6 is 0 Å². The molecule has 0 radical (unpaired) electrons. The van der Waals surface area contributed by atoms with E-state index in [-0.39, 0.29) is 5.91 Å². The SMILES string of the molecule is COc1cc2c(cc1OC)CN(c1ccc(C(=O)NC3CCCC3)cn1)CC2. The number of amides is 1. The van der Waals surface area contributed by atoms with Crippen LogP contribution in [0.25, 0.3) is 0 Å². The fraction of sp³-hybridized carbons (Fsp3) is 0.455. The molecule has 0 spiro atoms. The molecule has 6 heteroatoms. The number of carbonyl (C=O) groups excluding carboxylic acids is 1. The number of rotatable bonds is 5. The zero-order valence-corrected chi connectivity index (χ0v) is 16.5. The maximum Gasteiger partial charge on any atom is 0.253 e. The molecule has 1 aliphatic carbocycles. The lowest BCUT2D eigenvalue weighted by atomic mass is 9.98. The van der Waals surface area contributed by atoms with E-state index in [2.05, 4.69) is 21.3 Å². The van der Waals surface area contributed by atoms with Gasteiger partial charge in [-0.05, 0) is 54.7 Å². The number of nitrogens with one attached hydrogen (secondary N) is 1. The van der Waals surface area contributed by atoms with Gasteiger partial charge >= 0.3 is 0 Å². The number of fused-ring (bicyclic) bond motifs is 1. The van der Waals surface area contributed by atoms with E-state index in [1.165, 1.54) is 24.0 Å². The normalized spacial score (nSPS) is 16.6. The predicted molar refractivity (Wildman–Crippen MR) is 108 cm³/mol. The molecule has 2 aromatic rings. The lowest BCUT2D eigenvalue weighted by Gasteiger charge is -2.30. The van der Waals surface area contributed by atoms with E-state index >= 15 is 0 Å². The number of aromatic nitrogens is 1. The maximum absolute atomic E-state index is 12.4. The summed E-state index contributed by atoms with van der Waals surface area (Å²) in [7, 11) is 3.31.